The van der Waals surface area contributed by atoms with Gasteiger partial charge in [0, 0.05) is 11.7 Å². The standard InChI is InChI=1S/C18H23F3N4O4/c1-25(11-16(27)24-17(28)23-12-4-2-3-5-12)10-15(26)22-13-6-8-14(9-7-13)29-18(19,20)21/h6-9,12H,2-5,10-11H2,1H3,(H,22,26)(H2,23,24,27,28)/p+1. The SMILES string of the molecule is C[NH+](CC(=O)NC(=O)NC1CCCC1)CC(=O)Nc1ccc(OC(F)(F)F)cc1. The number of carbonyl (C=O) groups is 3. The van der Waals surface area contributed by atoms with Crippen LogP contribution in [0.5, 0.6) is 5.75 Å². The molecule has 1 fully saturated rings. The van der Waals surface area contributed by atoms with Crippen LogP contribution < -0.4 is 25.6 Å². The van der Waals surface area contributed by atoms with Crippen molar-refractivity contribution >= 4 is 23.5 Å². The van der Waals surface area contributed by atoms with E-state index < -0.39 is 30.0 Å². The Kier molecular flexibility index (Phi) is 7.82. The minimum atomic E-state index is -4.79. The summed E-state index contributed by atoms with van der Waals surface area (Å²) in [6, 6.07) is 4.25. The van der Waals surface area contributed by atoms with Gasteiger partial charge < -0.3 is 20.3 Å². The molecule has 160 valence electrons. The molecule has 0 aliphatic heterocycles. The van der Waals surface area contributed by atoms with Crippen molar-refractivity contribution in [2.24, 2.45) is 0 Å². The maximum Gasteiger partial charge on any atom is 0.573 e. The zero-order chi connectivity index (χ0) is 21.4. The molecular formula is C18H24F3N4O4+. The Hall–Kier alpha value is -2.82. The first-order valence-corrected chi connectivity index (χ1v) is 9.18. The van der Waals surface area contributed by atoms with Crippen LogP contribution in [0.3, 0.4) is 0 Å². The van der Waals surface area contributed by atoms with E-state index in [9.17, 15) is 27.6 Å². The third kappa shape index (κ3) is 8.81. The molecule has 1 aliphatic rings. The van der Waals surface area contributed by atoms with E-state index in [0.717, 1.165) is 37.8 Å². The Morgan fingerprint density at radius 3 is 2.24 bits per heavy atom. The number of ether oxygens (including phenoxy) is 1. The third-order valence-electron chi connectivity index (χ3n) is 4.24. The lowest BCUT2D eigenvalue weighted by Gasteiger charge is -2.15. The van der Waals surface area contributed by atoms with Crippen LogP contribution in [0.2, 0.25) is 0 Å². The zero-order valence-corrected chi connectivity index (χ0v) is 15.9. The minimum Gasteiger partial charge on any atom is -0.406 e. The molecule has 0 aromatic heterocycles. The molecule has 4 N–H and O–H groups in total. The van der Waals surface area contributed by atoms with Gasteiger partial charge >= 0.3 is 12.4 Å². The summed E-state index contributed by atoms with van der Waals surface area (Å²) in [6.45, 7) is -0.164. The fourth-order valence-electron chi connectivity index (χ4n) is 3.02. The predicted molar refractivity (Wildman–Crippen MR) is 97.3 cm³/mol. The molecular weight excluding hydrogens is 393 g/mol. The van der Waals surface area contributed by atoms with Gasteiger partial charge in [-0.2, -0.15) is 0 Å². The molecule has 0 saturated heterocycles. The van der Waals surface area contributed by atoms with Crippen molar-refractivity contribution in [3.8, 4) is 5.75 Å². The summed E-state index contributed by atoms with van der Waals surface area (Å²) in [4.78, 5) is 36.2. The van der Waals surface area contributed by atoms with Gasteiger partial charge in [0.05, 0.1) is 7.05 Å². The average molecular weight is 417 g/mol. The number of imide groups is 1. The van der Waals surface area contributed by atoms with Gasteiger partial charge in [0.2, 0.25) is 0 Å². The number of quaternary nitrogens is 1. The summed E-state index contributed by atoms with van der Waals surface area (Å²) in [5.74, 6) is -1.35. The summed E-state index contributed by atoms with van der Waals surface area (Å²) in [7, 11) is 1.61. The molecule has 0 radical (unpaired) electrons. The highest BCUT2D eigenvalue weighted by molar-refractivity contribution is 5.95. The number of nitrogens with one attached hydrogen (secondary N) is 4. The fourth-order valence-corrected chi connectivity index (χ4v) is 3.02. The molecule has 1 aromatic rings. The lowest BCUT2D eigenvalue weighted by atomic mass is 10.2. The molecule has 1 unspecified atom stereocenters. The molecule has 11 heteroatoms. The summed E-state index contributed by atoms with van der Waals surface area (Å²) in [5.41, 5.74) is 0.290. The Bertz CT molecular complexity index is 719. The van der Waals surface area contributed by atoms with Gasteiger partial charge in [-0.05, 0) is 37.1 Å². The fraction of sp³-hybridized carbons (Fsp3) is 0.500. The van der Waals surface area contributed by atoms with Crippen LogP contribution in [0.1, 0.15) is 25.7 Å². The quantitative estimate of drug-likeness (QED) is 0.527. The second-order valence-electron chi connectivity index (χ2n) is 6.93. The molecule has 1 saturated carbocycles. The molecule has 1 aliphatic carbocycles. The van der Waals surface area contributed by atoms with E-state index in [2.05, 4.69) is 20.7 Å². The molecule has 4 amide bonds. The number of urea groups is 1. The van der Waals surface area contributed by atoms with Crippen molar-refractivity contribution in [2.75, 3.05) is 25.5 Å². The Labute approximate surface area is 165 Å². The van der Waals surface area contributed by atoms with E-state index in [0.29, 0.717) is 4.90 Å². The number of hydrogen-bond donors (Lipinski definition) is 4. The van der Waals surface area contributed by atoms with Crippen molar-refractivity contribution in [1.82, 2.24) is 10.6 Å². The van der Waals surface area contributed by atoms with Crippen LogP contribution in [0.25, 0.3) is 0 Å². The highest BCUT2D eigenvalue weighted by Crippen LogP contribution is 2.23. The van der Waals surface area contributed by atoms with E-state index >= 15 is 0 Å². The first kappa shape index (κ1) is 22.5. The number of likely N-dealkylation sites (N-methyl/N-ethyl adjacent to an activating group) is 1. The second kappa shape index (κ2) is 10.1. The largest absolute Gasteiger partial charge is 0.573 e. The lowest BCUT2D eigenvalue weighted by Crippen LogP contribution is -3.11. The number of alkyl halides is 3. The summed E-state index contributed by atoms with van der Waals surface area (Å²) in [5, 5.41) is 7.49. The Morgan fingerprint density at radius 1 is 1.07 bits per heavy atom. The smallest absolute Gasteiger partial charge is 0.406 e. The van der Waals surface area contributed by atoms with Gasteiger partial charge in [0.15, 0.2) is 13.1 Å². The monoisotopic (exact) mass is 417 g/mol. The van der Waals surface area contributed by atoms with Crippen LogP contribution >= 0.6 is 0 Å². The molecule has 0 heterocycles. The summed E-state index contributed by atoms with van der Waals surface area (Å²) in [6.07, 6.45) is -0.879. The van der Waals surface area contributed by atoms with E-state index in [1.54, 1.807) is 7.05 Å². The van der Waals surface area contributed by atoms with E-state index in [4.69, 9.17) is 0 Å². The highest BCUT2D eigenvalue weighted by Gasteiger charge is 2.31. The molecule has 8 nitrogen and oxygen atoms in total. The zero-order valence-electron chi connectivity index (χ0n) is 15.9. The maximum atomic E-state index is 12.1. The summed E-state index contributed by atoms with van der Waals surface area (Å²) < 4.78 is 40.1. The highest BCUT2D eigenvalue weighted by atomic mass is 19.4. The van der Waals surface area contributed by atoms with Crippen molar-refractivity contribution in [1.29, 1.82) is 0 Å². The number of amides is 4. The molecule has 1 aromatic carbocycles. The number of carbonyl (C=O) groups excluding carboxylic acids is 3. The predicted octanol–water partition coefficient (Wildman–Crippen LogP) is 0.807. The molecule has 0 spiro atoms. The Morgan fingerprint density at radius 2 is 1.66 bits per heavy atom. The van der Waals surface area contributed by atoms with Gasteiger partial charge in [-0.1, -0.05) is 12.8 Å². The molecule has 1 atom stereocenters. The normalized spacial score (nSPS) is 15.4. The van der Waals surface area contributed by atoms with Gasteiger partial charge in [-0.25, -0.2) is 4.79 Å². The van der Waals surface area contributed by atoms with Crippen LogP contribution in [-0.4, -0.2) is 50.4 Å². The van der Waals surface area contributed by atoms with Crippen LogP contribution in [-0.2, 0) is 9.59 Å². The number of benzene rings is 1. The lowest BCUT2D eigenvalue weighted by molar-refractivity contribution is -0.862. The topological polar surface area (TPSA) is 101 Å². The van der Waals surface area contributed by atoms with Gasteiger partial charge in [0.1, 0.15) is 5.75 Å². The van der Waals surface area contributed by atoms with Crippen molar-refractivity contribution in [3.63, 3.8) is 0 Å². The van der Waals surface area contributed by atoms with E-state index in [-0.39, 0.29) is 24.8 Å². The molecule has 0 bridgehead atoms. The first-order valence-electron chi connectivity index (χ1n) is 9.18. The van der Waals surface area contributed by atoms with Crippen molar-refractivity contribution < 1.29 is 37.2 Å². The van der Waals surface area contributed by atoms with Crippen LogP contribution in [0, 0.1) is 0 Å². The van der Waals surface area contributed by atoms with Crippen LogP contribution in [0.15, 0.2) is 24.3 Å². The molecule has 29 heavy (non-hydrogen) atoms. The minimum absolute atomic E-state index is 0.0710. The van der Waals surface area contributed by atoms with Gasteiger partial charge in [0.25, 0.3) is 11.8 Å². The van der Waals surface area contributed by atoms with E-state index in [1.165, 1.54) is 12.1 Å². The van der Waals surface area contributed by atoms with E-state index in [1.807, 2.05) is 0 Å². The number of anilines is 1. The number of hydrogen-bond acceptors (Lipinski definition) is 4. The van der Waals surface area contributed by atoms with Crippen molar-refractivity contribution in [3.05, 3.63) is 24.3 Å². The van der Waals surface area contributed by atoms with Crippen molar-refractivity contribution in [2.45, 2.75) is 38.1 Å². The number of halogens is 3. The van der Waals surface area contributed by atoms with Gasteiger partial charge in [-0.15, -0.1) is 13.2 Å². The molecule has 2 rings (SSSR count). The third-order valence-corrected chi connectivity index (χ3v) is 4.24. The number of rotatable bonds is 7. The second-order valence-corrected chi connectivity index (χ2v) is 6.93. The maximum absolute atomic E-state index is 12.1. The summed E-state index contributed by atoms with van der Waals surface area (Å²) >= 11 is 0. The first-order chi connectivity index (χ1) is 13.6. The van der Waals surface area contributed by atoms with Crippen LogP contribution in [0.4, 0.5) is 23.7 Å². The van der Waals surface area contributed by atoms with Gasteiger partial charge in [-0.3, -0.25) is 14.9 Å². The average Bonchev–Trinajstić information content (AvgIpc) is 3.07. The Balaban J connectivity index is 1.71.